The van der Waals surface area contributed by atoms with Gasteiger partial charge in [-0.05, 0) is 59.0 Å². The maximum absolute atomic E-state index is 2.66. The van der Waals surface area contributed by atoms with Crippen molar-refractivity contribution in [3.63, 3.8) is 0 Å². The molecular formula is C30H20N4P+. The second-order valence-electron chi connectivity index (χ2n) is 10.1. The standard InChI is InChI=1S/C30H20N4P/c1-31-16-17-32-24-14-10-18-9-11-20-22-13-12-21-19-6-2-3-7-23(19)34-25-8-4-5-15-33(25)35(30(31)32,28(22)27(21)34)29(24)26(18)20/h2-8,10-17H,9H2,1H3/q+1. The molecule has 5 aromatic rings. The summed E-state index contributed by atoms with van der Waals surface area (Å²) in [4.78, 5) is 4.86. The fourth-order valence-corrected chi connectivity index (χ4v) is 12.7. The van der Waals surface area contributed by atoms with Crippen LogP contribution in [0.1, 0.15) is 16.7 Å². The molecule has 1 atom stereocenters. The Morgan fingerprint density at radius 1 is 0.857 bits per heavy atom. The number of fused-ring (bicyclic) bond motifs is 8. The molecule has 0 N–H and O–H groups in total. The van der Waals surface area contributed by atoms with E-state index in [2.05, 4.69) is 117 Å². The molecule has 1 spiro atoms. The molecule has 0 saturated carbocycles. The molecule has 1 unspecified atom stereocenters. The zero-order valence-electron chi connectivity index (χ0n) is 19.1. The summed E-state index contributed by atoms with van der Waals surface area (Å²) in [6, 6.07) is 25.2. The van der Waals surface area contributed by atoms with E-state index in [0.717, 1.165) is 6.42 Å². The van der Waals surface area contributed by atoms with Crippen LogP contribution in [0.25, 0.3) is 33.2 Å². The van der Waals surface area contributed by atoms with Gasteiger partial charge in [0.1, 0.15) is 5.52 Å². The number of aromatic nitrogens is 2. The Labute approximate surface area is 202 Å². The summed E-state index contributed by atoms with van der Waals surface area (Å²) in [5.74, 6) is 1.26. The van der Waals surface area contributed by atoms with Gasteiger partial charge >= 0.3 is 0 Å². The van der Waals surface area contributed by atoms with Crippen LogP contribution in [0.5, 0.6) is 0 Å². The SMILES string of the molecule is CN1C=CN2C1=P13c4c2ccc2c4C(=CC2)c2ccc4c5ccccc5n(c4c21)-c1cccc[n+]13. The van der Waals surface area contributed by atoms with Gasteiger partial charge in [0.2, 0.25) is 0 Å². The number of para-hydroxylation sites is 1. The van der Waals surface area contributed by atoms with Gasteiger partial charge in [0.05, 0.1) is 22.5 Å². The highest BCUT2D eigenvalue weighted by Gasteiger charge is 2.57. The van der Waals surface area contributed by atoms with E-state index in [1.807, 2.05) is 0 Å². The quantitative estimate of drug-likeness (QED) is 0.307. The van der Waals surface area contributed by atoms with Crippen LogP contribution >= 0.6 is 7.04 Å². The molecule has 0 fully saturated rings. The molecule has 5 heteroatoms. The molecule has 10 rings (SSSR count). The van der Waals surface area contributed by atoms with Crippen molar-refractivity contribution in [1.82, 2.24) is 9.47 Å². The number of allylic oxidation sites excluding steroid dienone is 1. The third kappa shape index (κ3) is 1.58. The van der Waals surface area contributed by atoms with Gasteiger partial charge in [0.25, 0.3) is 5.82 Å². The Morgan fingerprint density at radius 3 is 2.74 bits per heavy atom. The molecule has 1 aliphatic carbocycles. The van der Waals surface area contributed by atoms with Crippen LogP contribution in [0, 0.1) is 0 Å². The number of nitrogens with zero attached hydrogens (tertiary/aromatic N) is 4. The minimum atomic E-state index is -2.18. The van der Waals surface area contributed by atoms with E-state index < -0.39 is 7.04 Å². The normalized spacial score (nSPS) is 21.2. The first-order valence-corrected chi connectivity index (χ1v) is 14.0. The van der Waals surface area contributed by atoms with Crippen LogP contribution in [-0.4, -0.2) is 22.1 Å². The van der Waals surface area contributed by atoms with Crippen LogP contribution in [0.2, 0.25) is 0 Å². The summed E-state index contributed by atoms with van der Waals surface area (Å²) < 4.78 is 5.20. The minimum absolute atomic E-state index is 1.02. The Hall–Kier alpha value is -4.01. The average Bonchev–Trinajstić information content (AvgIpc) is 3.64. The summed E-state index contributed by atoms with van der Waals surface area (Å²) >= 11 is 0. The van der Waals surface area contributed by atoms with E-state index in [0.29, 0.717) is 0 Å². The lowest BCUT2D eigenvalue weighted by Gasteiger charge is -2.36. The van der Waals surface area contributed by atoms with Crippen LogP contribution in [0.4, 0.5) is 5.69 Å². The zero-order valence-corrected chi connectivity index (χ0v) is 20.0. The summed E-state index contributed by atoms with van der Waals surface area (Å²) in [7, 11) is 0.0504. The Morgan fingerprint density at radius 2 is 1.77 bits per heavy atom. The van der Waals surface area contributed by atoms with Crippen molar-refractivity contribution < 1.29 is 4.34 Å². The Balaban J connectivity index is 1.61. The molecule has 0 bridgehead atoms. The van der Waals surface area contributed by atoms with Crippen molar-refractivity contribution in [1.29, 1.82) is 0 Å². The summed E-state index contributed by atoms with van der Waals surface area (Å²) in [5.41, 5.74) is 11.3. The van der Waals surface area contributed by atoms with Crippen molar-refractivity contribution in [2.75, 3.05) is 11.9 Å². The molecular weight excluding hydrogens is 447 g/mol. The largest absolute Gasteiger partial charge is 0.332 e. The zero-order chi connectivity index (χ0) is 22.6. The van der Waals surface area contributed by atoms with Gasteiger partial charge in [-0.25, -0.2) is 4.34 Å². The van der Waals surface area contributed by atoms with Crippen LogP contribution in [0.3, 0.4) is 0 Å². The predicted octanol–water partition coefficient (Wildman–Crippen LogP) is 4.44. The summed E-state index contributed by atoms with van der Waals surface area (Å²) in [5, 5.41) is 5.78. The third-order valence-corrected chi connectivity index (χ3v) is 13.0. The lowest BCUT2D eigenvalue weighted by Crippen LogP contribution is -2.52. The molecule has 3 aromatic carbocycles. The van der Waals surface area contributed by atoms with Crippen molar-refractivity contribution in [3.05, 3.63) is 108 Å². The van der Waals surface area contributed by atoms with E-state index in [1.54, 1.807) is 5.30 Å². The van der Waals surface area contributed by atoms with E-state index in [4.69, 9.17) is 0 Å². The predicted molar refractivity (Wildman–Crippen MR) is 144 cm³/mol. The summed E-state index contributed by atoms with van der Waals surface area (Å²) in [6.45, 7) is 0. The highest BCUT2D eigenvalue weighted by Crippen LogP contribution is 2.62. The highest BCUT2D eigenvalue weighted by atomic mass is 31.2. The molecule has 35 heavy (non-hydrogen) atoms. The third-order valence-electron chi connectivity index (χ3n) is 8.68. The smallest absolute Gasteiger partial charge is 0.289 e. The molecule has 4 nitrogen and oxygen atoms in total. The maximum Gasteiger partial charge on any atom is 0.289 e. The number of hydrogen-bond acceptors (Lipinski definition) is 2. The lowest BCUT2D eigenvalue weighted by molar-refractivity contribution is -0.504. The molecule has 5 aliphatic rings. The highest BCUT2D eigenvalue weighted by molar-refractivity contribution is 7.85. The topological polar surface area (TPSA) is 15.3 Å². The first-order valence-electron chi connectivity index (χ1n) is 12.2. The number of rotatable bonds is 0. The number of hydrogen-bond donors (Lipinski definition) is 0. The van der Waals surface area contributed by atoms with Crippen LogP contribution in [0.15, 0.2) is 91.4 Å². The van der Waals surface area contributed by atoms with Gasteiger partial charge in [-0.3, -0.25) is 4.90 Å². The molecule has 4 aliphatic heterocycles. The van der Waals surface area contributed by atoms with Gasteiger partial charge in [-0.15, -0.1) is 0 Å². The second-order valence-corrected chi connectivity index (χ2v) is 13.1. The molecule has 0 saturated heterocycles. The number of benzene rings is 3. The molecule has 0 radical (unpaired) electrons. The van der Waals surface area contributed by atoms with E-state index in [1.165, 1.54) is 66.4 Å². The van der Waals surface area contributed by atoms with Crippen molar-refractivity contribution in [2.24, 2.45) is 0 Å². The summed E-state index contributed by atoms with van der Waals surface area (Å²) in [6.07, 6.45) is 10.3. The van der Waals surface area contributed by atoms with Gasteiger partial charge in [-0.1, -0.05) is 36.4 Å². The molecule has 0 amide bonds. The molecule has 2 aromatic heterocycles. The van der Waals surface area contributed by atoms with Crippen molar-refractivity contribution in [3.8, 4) is 5.82 Å². The fraction of sp³-hybridized carbons (Fsp3) is 0.0667. The van der Waals surface area contributed by atoms with Crippen molar-refractivity contribution >= 4 is 56.3 Å². The first kappa shape index (κ1) is 17.4. The van der Waals surface area contributed by atoms with E-state index in [-0.39, 0.29) is 0 Å². The van der Waals surface area contributed by atoms with Crippen LogP contribution in [-0.2, 0) is 6.42 Å². The van der Waals surface area contributed by atoms with E-state index >= 15 is 0 Å². The lowest BCUT2D eigenvalue weighted by atomic mass is 9.96. The van der Waals surface area contributed by atoms with E-state index in [9.17, 15) is 0 Å². The number of anilines is 1. The maximum atomic E-state index is 2.66. The minimum Gasteiger partial charge on any atom is -0.332 e. The van der Waals surface area contributed by atoms with Gasteiger partial charge in [0.15, 0.2) is 18.1 Å². The van der Waals surface area contributed by atoms with Gasteiger partial charge < -0.3 is 4.90 Å². The van der Waals surface area contributed by atoms with Crippen LogP contribution < -0.4 is 19.8 Å². The fourth-order valence-electron chi connectivity index (χ4n) is 7.52. The number of pyridine rings is 1. The second kappa shape index (κ2) is 5.30. The van der Waals surface area contributed by atoms with Gasteiger partial charge in [-0.2, -0.15) is 4.57 Å². The molecule has 6 heterocycles. The Kier molecular flexibility index (Phi) is 2.64. The molecule has 164 valence electrons. The van der Waals surface area contributed by atoms with Gasteiger partial charge in [0, 0.05) is 36.3 Å². The van der Waals surface area contributed by atoms with Crippen molar-refractivity contribution in [2.45, 2.75) is 6.42 Å². The first-order chi connectivity index (χ1) is 17.3. The Bertz CT molecular complexity index is 2020. The average molecular weight is 467 g/mol. The monoisotopic (exact) mass is 467 g/mol.